The van der Waals surface area contributed by atoms with Crippen molar-refractivity contribution in [3.05, 3.63) is 209 Å². The zero-order chi connectivity index (χ0) is 36.8. The topological polar surface area (TPSA) is 55.7 Å². The number of hydrogen-bond acceptors (Lipinski definition) is 6. The summed E-state index contributed by atoms with van der Waals surface area (Å²) in [6.07, 6.45) is 2.24. The number of ether oxygens (including phenoxy) is 1. The summed E-state index contributed by atoms with van der Waals surface area (Å²) in [5, 5.41) is 14.4. The van der Waals surface area contributed by atoms with Crippen molar-refractivity contribution in [2.45, 2.75) is 30.3 Å². The van der Waals surface area contributed by atoms with Gasteiger partial charge in [0.2, 0.25) is 5.60 Å². The number of fused-ring (bicyclic) bond motifs is 3. The van der Waals surface area contributed by atoms with Crippen LogP contribution in [-0.2, 0) is 14.4 Å². The van der Waals surface area contributed by atoms with E-state index < -0.39 is 17.3 Å². The van der Waals surface area contributed by atoms with Crippen molar-refractivity contribution >= 4 is 39.2 Å². The van der Waals surface area contributed by atoms with Crippen molar-refractivity contribution in [2.75, 3.05) is 13.1 Å². The van der Waals surface area contributed by atoms with Gasteiger partial charge in [-0.05, 0) is 68.5 Å². The van der Waals surface area contributed by atoms with Gasteiger partial charge in [0.1, 0.15) is 0 Å². The number of benzene rings is 7. The number of piperidine rings is 1. The molecular weight excluding hydrogens is 679 g/mol. The number of nitrogens with zero attached hydrogens (tertiary/aromatic N) is 3. The van der Waals surface area contributed by atoms with Gasteiger partial charge >= 0.3 is 5.79 Å². The molecule has 3 aliphatic heterocycles. The number of likely N-dealkylation sites (tertiary alicyclic amines) is 1. The molecule has 0 bridgehead atoms. The fraction of sp³-hybridized carbons (Fsp3) is 0.143. The van der Waals surface area contributed by atoms with Crippen LogP contribution in [0.2, 0.25) is 0 Å². The highest BCUT2D eigenvalue weighted by Gasteiger charge is 2.74. The van der Waals surface area contributed by atoms with Crippen LogP contribution in [0.15, 0.2) is 192 Å². The van der Waals surface area contributed by atoms with Crippen molar-refractivity contribution < 1.29 is 14.4 Å². The maximum Gasteiger partial charge on any atom is 0.346 e. The Bertz CT molecular complexity index is 2610. The van der Waals surface area contributed by atoms with Crippen molar-refractivity contribution in [1.82, 2.24) is 4.90 Å². The summed E-state index contributed by atoms with van der Waals surface area (Å²) < 4.78 is 7.33. The van der Waals surface area contributed by atoms with Gasteiger partial charge in [-0.25, -0.2) is 0 Å². The van der Waals surface area contributed by atoms with Crippen molar-refractivity contribution in [3.8, 4) is 0 Å². The molecule has 0 N–H and O–H groups in total. The maximum atomic E-state index is 7.33. The van der Waals surface area contributed by atoms with Gasteiger partial charge < -0.3 is 14.4 Å². The van der Waals surface area contributed by atoms with E-state index in [4.69, 9.17) is 24.7 Å². The van der Waals surface area contributed by atoms with Gasteiger partial charge in [0.15, 0.2) is 0 Å². The zero-order valence-corrected chi connectivity index (χ0v) is 30.5. The molecule has 3 aliphatic rings. The van der Waals surface area contributed by atoms with Crippen LogP contribution in [0.3, 0.4) is 0 Å². The lowest BCUT2D eigenvalue weighted by Gasteiger charge is -2.52. The minimum Gasteiger partial charge on any atom is -0.422 e. The predicted molar refractivity (Wildman–Crippen MR) is 220 cm³/mol. The minimum absolute atomic E-state index is 0.0137. The van der Waals surface area contributed by atoms with Crippen LogP contribution < -0.4 is 0 Å². The molecule has 7 aromatic carbocycles. The normalized spacial score (nSPS) is 23.4. The third-order valence-corrected chi connectivity index (χ3v) is 11.5. The van der Waals surface area contributed by atoms with Crippen LogP contribution in [0.25, 0.3) is 27.6 Å². The van der Waals surface area contributed by atoms with Crippen molar-refractivity contribution in [3.63, 3.8) is 0 Å². The Morgan fingerprint density at radius 1 is 0.618 bits per heavy atom. The van der Waals surface area contributed by atoms with Gasteiger partial charge in [0, 0.05) is 29.3 Å². The molecule has 268 valence electrons. The van der Waals surface area contributed by atoms with Gasteiger partial charge in [-0.1, -0.05) is 169 Å². The molecule has 6 nitrogen and oxygen atoms in total. The number of oxime groups is 2. The van der Waals surface area contributed by atoms with E-state index in [0.717, 1.165) is 55.1 Å². The Morgan fingerprint density at radius 2 is 1.22 bits per heavy atom. The Labute approximate surface area is 320 Å². The number of rotatable bonds is 6. The van der Waals surface area contributed by atoms with Gasteiger partial charge in [-0.3, -0.25) is 4.90 Å². The first-order valence-corrected chi connectivity index (χ1v) is 18.9. The summed E-state index contributed by atoms with van der Waals surface area (Å²) in [5.41, 5.74) is 5.59. The Hall–Kier alpha value is -6.50. The van der Waals surface area contributed by atoms with Crippen LogP contribution in [0.4, 0.5) is 0 Å². The standard InChI is InChI=1S/C49H39N3O3/c1-34(35-17-5-2-6-18-35)52-32-41(31-40-27-15-25-36-19-11-13-28-42(36)40)49(53-47(51-55-49)39-23-9-4-10-24-39)48(33-52)45(46(50-54-48)38-21-7-3-8-22-38)44-30-16-26-37-20-12-14-29-43(37)44/h2-31,34,45H,32-33H2,1H3/b41-31+/t34-,45-,48-,49+/m1/s1. The summed E-state index contributed by atoms with van der Waals surface area (Å²) in [5.74, 6) is -1.54. The molecule has 55 heavy (non-hydrogen) atoms. The Kier molecular flexibility index (Phi) is 8.07. The predicted octanol–water partition coefficient (Wildman–Crippen LogP) is 10.5. The molecule has 0 unspecified atom stereocenters. The molecule has 10 rings (SSSR count). The molecule has 2 spiro atoms. The third-order valence-electron chi connectivity index (χ3n) is 11.5. The fourth-order valence-corrected chi connectivity index (χ4v) is 8.79. The van der Waals surface area contributed by atoms with E-state index >= 15 is 0 Å². The minimum atomic E-state index is -1.51. The van der Waals surface area contributed by atoms with Gasteiger partial charge in [0.05, 0.1) is 18.2 Å². The van der Waals surface area contributed by atoms with E-state index in [1.807, 2.05) is 36.4 Å². The van der Waals surface area contributed by atoms with Crippen molar-refractivity contribution in [2.24, 2.45) is 10.3 Å². The zero-order valence-electron chi connectivity index (χ0n) is 30.5. The summed E-state index contributed by atoms with van der Waals surface area (Å²) >= 11 is 0. The monoisotopic (exact) mass is 717 g/mol. The lowest BCUT2D eigenvalue weighted by atomic mass is 9.67. The van der Waals surface area contributed by atoms with E-state index in [1.54, 1.807) is 0 Å². The molecule has 7 aromatic rings. The fourth-order valence-electron chi connectivity index (χ4n) is 8.79. The molecule has 1 saturated heterocycles. The molecule has 0 radical (unpaired) electrons. The van der Waals surface area contributed by atoms with E-state index in [1.165, 1.54) is 5.56 Å². The molecule has 6 heteroatoms. The second-order valence-corrected chi connectivity index (χ2v) is 14.6. The maximum absolute atomic E-state index is 7.33. The first-order valence-electron chi connectivity index (χ1n) is 18.9. The Morgan fingerprint density at radius 3 is 1.96 bits per heavy atom. The molecule has 1 fully saturated rings. The van der Waals surface area contributed by atoms with E-state index in [0.29, 0.717) is 19.0 Å². The largest absolute Gasteiger partial charge is 0.422 e. The molecule has 0 aromatic heterocycles. The Balaban J connectivity index is 1.25. The summed E-state index contributed by atoms with van der Waals surface area (Å²) in [4.78, 5) is 16.6. The molecule has 3 heterocycles. The smallest absolute Gasteiger partial charge is 0.346 e. The lowest BCUT2D eigenvalue weighted by molar-refractivity contribution is -0.279. The van der Waals surface area contributed by atoms with E-state index in [-0.39, 0.29) is 6.04 Å². The molecule has 4 atom stereocenters. The van der Waals surface area contributed by atoms with E-state index in [9.17, 15) is 0 Å². The molecule has 0 saturated carbocycles. The van der Waals surface area contributed by atoms with Crippen LogP contribution >= 0.6 is 0 Å². The highest BCUT2D eigenvalue weighted by Crippen LogP contribution is 2.57. The second kappa shape index (κ2) is 13.4. The first kappa shape index (κ1) is 33.1. The van der Waals surface area contributed by atoms with Gasteiger partial charge in [-0.15, -0.1) is 0 Å². The average molecular weight is 718 g/mol. The lowest BCUT2D eigenvalue weighted by Crippen LogP contribution is -2.69. The highest BCUT2D eigenvalue weighted by molar-refractivity contribution is 6.09. The van der Waals surface area contributed by atoms with Gasteiger partial charge in [0.25, 0.3) is 5.90 Å². The third kappa shape index (κ3) is 5.44. The van der Waals surface area contributed by atoms with Crippen molar-refractivity contribution in [1.29, 1.82) is 0 Å². The van der Waals surface area contributed by atoms with Gasteiger partial charge in [-0.2, -0.15) is 0 Å². The van der Waals surface area contributed by atoms with Crippen LogP contribution in [0, 0.1) is 0 Å². The highest BCUT2D eigenvalue weighted by atomic mass is 16.8. The molecule has 0 amide bonds. The molecule has 0 aliphatic carbocycles. The summed E-state index contributed by atoms with van der Waals surface area (Å²) in [6, 6.07) is 60.9. The van der Waals surface area contributed by atoms with E-state index in [2.05, 4.69) is 157 Å². The number of hydrogen-bond donors (Lipinski definition) is 0. The van der Waals surface area contributed by atoms with Crippen LogP contribution in [0.1, 0.15) is 46.7 Å². The quantitative estimate of drug-likeness (QED) is 0.172. The summed E-state index contributed by atoms with van der Waals surface area (Å²) in [6.45, 7) is 3.23. The summed E-state index contributed by atoms with van der Waals surface area (Å²) in [7, 11) is 0. The average Bonchev–Trinajstić information content (AvgIpc) is 3.87. The van der Waals surface area contributed by atoms with Crippen LogP contribution in [-0.4, -0.2) is 41.0 Å². The van der Waals surface area contributed by atoms with Crippen LogP contribution in [0.5, 0.6) is 0 Å². The molecular formula is C49H39N3O3. The SMILES string of the molecule is C[C@H](c1ccccc1)N1C/C(=C\c2cccc3ccccc23)[C@]2(ON=C(c3ccccc3)O2)[C@]2(C1)ON=C(c1ccccc1)[C@H]2c1cccc2ccccc12. The first-order chi connectivity index (χ1) is 27.1. The second-order valence-electron chi connectivity index (χ2n) is 14.6.